The lowest BCUT2D eigenvalue weighted by Crippen LogP contribution is -2.53. The summed E-state index contributed by atoms with van der Waals surface area (Å²) in [5.74, 6) is -0.123. The van der Waals surface area contributed by atoms with Crippen LogP contribution in [0, 0.1) is 11.7 Å². The SMILES string of the molecule is O=C(NC[C@H]1[C@H]2C[C@H](CN(c3ncncc3F)C2)c2cccc(=O)n21)[C@@H]1CCCO1. The maximum atomic E-state index is 14.3. The summed E-state index contributed by atoms with van der Waals surface area (Å²) >= 11 is 0. The highest BCUT2D eigenvalue weighted by Gasteiger charge is 2.41. The Morgan fingerprint density at radius 3 is 3.03 bits per heavy atom. The third-order valence-electron chi connectivity index (χ3n) is 6.45. The molecule has 5 rings (SSSR count). The van der Waals surface area contributed by atoms with Crippen LogP contribution in [0.4, 0.5) is 10.2 Å². The first-order valence-corrected chi connectivity index (χ1v) is 10.4. The van der Waals surface area contributed by atoms with E-state index >= 15 is 0 Å². The first-order valence-electron chi connectivity index (χ1n) is 10.4. The van der Waals surface area contributed by atoms with Gasteiger partial charge in [0.05, 0.1) is 12.2 Å². The van der Waals surface area contributed by atoms with Crippen molar-refractivity contribution in [2.45, 2.75) is 37.3 Å². The number of carbonyl (C=O) groups is 1. The standard InChI is InChI=1S/C21H24FN5O3/c22-15-8-23-12-25-20(15)26-10-13-7-14(11-26)17(27-16(13)3-1-5-19(27)28)9-24-21(29)18-4-2-6-30-18/h1,3,5,8,12-14,17-18H,2,4,6-7,9-11H2,(H,24,29)/t13-,14+,17+,18+/m1/s1. The lowest BCUT2D eigenvalue weighted by Gasteiger charge is -2.47. The van der Waals surface area contributed by atoms with E-state index < -0.39 is 11.9 Å². The van der Waals surface area contributed by atoms with Crippen LogP contribution < -0.4 is 15.8 Å². The number of hydrogen-bond donors (Lipinski definition) is 1. The fraction of sp³-hybridized carbons (Fsp3) is 0.524. The van der Waals surface area contributed by atoms with E-state index in [1.54, 1.807) is 12.1 Å². The molecule has 3 aliphatic heterocycles. The van der Waals surface area contributed by atoms with Crippen LogP contribution in [0.2, 0.25) is 0 Å². The van der Waals surface area contributed by atoms with Crippen LogP contribution in [-0.4, -0.2) is 52.8 Å². The van der Waals surface area contributed by atoms with Gasteiger partial charge in [0, 0.05) is 43.9 Å². The van der Waals surface area contributed by atoms with E-state index in [0.717, 1.165) is 25.0 Å². The molecule has 3 aliphatic rings. The van der Waals surface area contributed by atoms with Gasteiger partial charge in [0.25, 0.3) is 5.56 Å². The first-order chi connectivity index (χ1) is 14.6. The lowest BCUT2D eigenvalue weighted by molar-refractivity contribution is -0.130. The summed E-state index contributed by atoms with van der Waals surface area (Å²) in [4.78, 5) is 35.1. The van der Waals surface area contributed by atoms with Crippen molar-refractivity contribution in [2.75, 3.05) is 31.1 Å². The predicted molar refractivity (Wildman–Crippen MR) is 107 cm³/mol. The van der Waals surface area contributed by atoms with Crippen molar-refractivity contribution in [3.8, 4) is 0 Å². The summed E-state index contributed by atoms with van der Waals surface area (Å²) in [5.41, 5.74) is 0.856. The number of anilines is 1. The summed E-state index contributed by atoms with van der Waals surface area (Å²) in [5, 5.41) is 2.99. The Bertz CT molecular complexity index is 1010. The van der Waals surface area contributed by atoms with Crippen LogP contribution in [0.3, 0.4) is 0 Å². The highest BCUT2D eigenvalue weighted by atomic mass is 19.1. The summed E-state index contributed by atoms with van der Waals surface area (Å²) < 4.78 is 21.6. The lowest BCUT2D eigenvalue weighted by atomic mass is 9.78. The third kappa shape index (κ3) is 3.36. The first kappa shape index (κ1) is 19.2. The minimum absolute atomic E-state index is 0.0692. The molecule has 2 bridgehead atoms. The van der Waals surface area contributed by atoms with Crippen LogP contribution in [-0.2, 0) is 9.53 Å². The normalized spacial score (nSPS) is 27.6. The van der Waals surface area contributed by atoms with Gasteiger partial charge in [0.1, 0.15) is 12.4 Å². The van der Waals surface area contributed by atoms with Crippen molar-refractivity contribution in [2.24, 2.45) is 5.92 Å². The second-order valence-corrected chi connectivity index (χ2v) is 8.27. The number of fused-ring (bicyclic) bond motifs is 4. The van der Waals surface area contributed by atoms with E-state index in [1.807, 2.05) is 15.5 Å². The fourth-order valence-electron chi connectivity index (χ4n) is 5.12. The maximum Gasteiger partial charge on any atom is 0.251 e. The van der Waals surface area contributed by atoms with Gasteiger partial charge >= 0.3 is 0 Å². The maximum absolute atomic E-state index is 14.3. The van der Waals surface area contributed by atoms with Gasteiger partial charge < -0.3 is 19.5 Å². The van der Waals surface area contributed by atoms with E-state index in [2.05, 4.69) is 15.3 Å². The molecular formula is C21H24FN5O3. The third-order valence-corrected chi connectivity index (χ3v) is 6.45. The zero-order chi connectivity index (χ0) is 20.7. The van der Waals surface area contributed by atoms with Crippen molar-refractivity contribution >= 4 is 11.7 Å². The van der Waals surface area contributed by atoms with E-state index in [9.17, 15) is 14.0 Å². The van der Waals surface area contributed by atoms with Crippen molar-refractivity contribution in [1.29, 1.82) is 0 Å². The van der Waals surface area contributed by atoms with E-state index in [1.165, 1.54) is 12.5 Å². The Hall–Kier alpha value is -2.81. The monoisotopic (exact) mass is 413 g/mol. The molecular weight excluding hydrogens is 389 g/mol. The molecule has 0 radical (unpaired) electrons. The zero-order valence-corrected chi connectivity index (χ0v) is 16.5. The van der Waals surface area contributed by atoms with Gasteiger partial charge in [-0.3, -0.25) is 9.59 Å². The Kier molecular flexibility index (Phi) is 4.98. The molecule has 1 amide bonds. The Morgan fingerprint density at radius 2 is 2.23 bits per heavy atom. The topological polar surface area (TPSA) is 89.4 Å². The van der Waals surface area contributed by atoms with Gasteiger partial charge in [-0.15, -0.1) is 0 Å². The van der Waals surface area contributed by atoms with Gasteiger partial charge in [0.15, 0.2) is 11.6 Å². The quantitative estimate of drug-likeness (QED) is 0.811. The Morgan fingerprint density at radius 1 is 1.33 bits per heavy atom. The molecule has 0 saturated carbocycles. The predicted octanol–water partition coefficient (Wildman–Crippen LogP) is 1.24. The number of hydrogen-bond acceptors (Lipinski definition) is 6. The molecule has 2 aromatic rings. The number of piperidine rings is 1. The van der Waals surface area contributed by atoms with Crippen LogP contribution >= 0.6 is 0 Å². The van der Waals surface area contributed by atoms with Crippen molar-refractivity contribution in [3.05, 3.63) is 52.6 Å². The summed E-state index contributed by atoms with van der Waals surface area (Å²) in [6, 6.07) is 5.07. The highest BCUT2D eigenvalue weighted by Crippen LogP contribution is 2.42. The van der Waals surface area contributed by atoms with Crippen LogP contribution in [0.25, 0.3) is 0 Å². The van der Waals surface area contributed by atoms with Gasteiger partial charge in [-0.05, 0) is 31.2 Å². The number of nitrogens with one attached hydrogen (secondary N) is 1. The number of aromatic nitrogens is 3. The Balaban J connectivity index is 1.44. The summed E-state index contributed by atoms with van der Waals surface area (Å²) in [7, 11) is 0. The van der Waals surface area contributed by atoms with Crippen LogP contribution in [0.5, 0.6) is 0 Å². The second kappa shape index (κ2) is 7.79. The second-order valence-electron chi connectivity index (χ2n) is 8.27. The molecule has 2 fully saturated rings. The molecule has 1 N–H and O–H groups in total. The highest BCUT2D eigenvalue weighted by molar-refractivity contribution is 5.81. The molecule has 2 saturated heterocycles. The fourth-order valence-corrected chi connectivity index (χ4v) is 5.12. The van der Waals surface area contributed by atoms with Gasteiger partial charge in [0.2, 0.25) is 5.91 Å². The number of amides is 1. The van der Waals surface area contributed by atoms with Gasteiger partial charge in [-0.25, -0.2) is 14.4 Å². The van der Waals surface area contributed by atoms with Crippen molar-refractivity contribution < 1.29 is 13.9 Å². The van der Waals surface area contributed by atoms with Crippen LogP contribution in [0.1, 0.15) is 36.9 Å². The Labute approximate surface area is 173 Å². The molecule has 0 spiro atoms. The van der Waals surface area contributed by atoms with E-state index in [0.29, 0.717) is 26.2 Å². The molecule has 5 heterocycles. The molecule has 158 valence electrons. The molecule has 9 heteroatoms. The smallest absolute Gasteiger partial charge is 0.251 e. The minimum atomic E-state index is -0.453. The molecule has 2 aromatic heterocycles. The number of pyridine rings is 1. The summed E-state index contributed by atoms with van der Waals surface area (Å²) in [6.07, 6.45) is 4.59. The van der Waals surface area contributed by atoms with Crippen molar-refractivity contribution in [3.63, 3.8) is 0 Å². The molecule has 4 atom stereocenters. The number of halogens is 1. The molecule has 0 aromatic carbocycles. The average Bonchev–Trinajstić information content (AvgIpc) is 3.29. The zero-order valence-electron chi connectivity index (χ0n) is 16.5. The molecule has 30 heavy (non-hydrogen) atoms. The van der Waals surface area contributed by atoms with E-state index in [4.69, 9.17) is 4.74 Å². The van der Waals surface area contributed by atoms with Gasteiger partial charge in [-0.2, -0.15) is 0 Å². The molecule has 0 aliphatic carbocycles. The minimum Gasteiger partial charge on any atom is -0.368 e. The number of nitrogens with zero attached hydrogens (tertiary/aromatic N) is 4. The number of rotatable bonds is 4. The number of ether oxygens (including phenoxy) is 1. The van der Waals surface area contributed by atoms with Crippen LogP contribution in [0.15, 0.2) is 35.5 Å². The van der Waals surface area contributed by atoms with Gasteiger partial charge in [-0.1, -0.05) is 6.07 Å². The number of carbonyl (C=O) groups excluding carboxylic acids is 1. The molecule has 0 unspecified atom stereocenters. The molecule has 8 nitrogen and oxygen atoms in total. The van der Waals surface area contributed by atoms with Crippen molar-refractivity contribution in [1.82, 2.24) is 19.9 Å². The van der Waals surface area contributed by atoms with E-state index in [-0.39, 0.29) is 35.2 Å². The summed E-state index contributed by atoms with van der Waals surface area (Å²) in [6.45, 7) is 2.09. The largest absolute Gasteiger partial charge is 0.368 e. The average molecular weight is 413 g/mol.